The summed E-state index contributed by atoms with van der Waals surface area (Å²) in [5.74, 6) is -0.446. The Labute approximate surface area is 128 Å². The molecule has 0 heterocycles. The molecule has 6 heteroatoms. The maximum atomic E-state index is 13.1. The van der Waals surface area contributed by atoms with Crippen molar-refractivity contribution in [1.29, 1.82) is 0 Å². The molecule has 0 aliphatic rings. The molecule has 0 radical (unpaired) electrons. The minimum Gasteiger partial charge on any atom is -0.375 e. The zero-order valence-electron chi connectivity index (χ0n) is 12.0. The van der Waals surface area contributed by atoms with E-state index in [0.717, 1.165) is 18.5 Å². The molecule has 120 valence electrons. The average molecular weight is 324 g/mol. The number of hydrogen-bond acceptors (Lipinski definition) is 2. The molecular weight excluding hydrogens is 303 g/mol. The fourth-order valence-corrected chi connectivity index (χ4v) is 2.18. The molecule has 0 saturated carbocycles. The summed E-state index contributed by atoms with van der Waals surface area (Å²) in [4.78, 5) is 0. The standard InChI is InChI=1S/C15H21ClF3NO/c1-2-6-20-12(5-7-21-10-15(18)19)8-11-3-4-14(17)13(16)9-11/h3-4,9,12,15,20H,2,5-8,10H2,1H3. The topological polar surface area (TPSA) is 21.3 Å². The first-order valence-corrected chi connectivity index (χ1v) is 7.44. The Hall–Kier alpha value is -0.780. The molecule has 0 aliphatic carbocycles. The molecule has 0 fully saturated rings. The molecule has 1 N–H and O–H groups in total. The van der Waals surface area contributed by atoms with Crippen molar-refractivity contribution in [3.05, 3.63) is 34.6 Å². The third kappa shape index (κ3) is 7.69. The SMILES string of the molecule is CCCNC(CCOCC(F)F)Cc1ccc(F)c(Cl)c1. The minimum atomic E-state index is -2.44. The van der Waals surface area contributed by atoms with E-state index in [9.17, 15) is 13.2 Å². The Balaban J connectivity index is 2.49. The van der Waals surface area contributed by atoms with Crippen LogP contribution in [0.15, 0.2) is 18.2 Å². The van der Waals surface area contributed by atoms with Crippen molar-refractivity contribution in [3.63, 3.8) is 0 Å². The van der Waals surface area contributed by atoms with E-state index >= 15 is 0 Å². The monoisotopic (exact) mass is 323 g/mol. The highest BCUT2D eigenvalue weighted by molar-refractivity contribution is 6.30. The van der Waals surface area contributed by atoms with Gasteiger partial charge in [-0.3, -0.25) is 0 Å². The Morgan fingerprint density at radius 1 is 1.33 bits per heavy atom. The average Bonchev–Trinajstić information content (AvgIpc) is 2.44. The largest absolute Gasteiger partial charge is 0.375 e. The van der Waals surface area contributed by atoms with Gasteiger partial charge in [-0.15, -0.1) is 0 Å². The molecule has 1 atom stereocenters. The lowest BCUT2D eigenvalue weighted by Crippen LogP contribution is -2.33. The van der Waals surface area contributed by atoms with E-state index in [0.29, 0.717) is 12.8 Å². The van der Waals surface area contributed by atoms with E-state index in [-0.39, 0.29) is 17.7 Å². The van der Waals surface area contributed by atoms with Crippen molar-refractivity contribution in [2.75, 3.05) is 19.8 Å². The predicted molar refractivity (Wildman–Crippen MR) is 78.6 cm³/mol. The van der Waals surface area contributed by atoms with Crippen LogP contribution in [0, 0.1) is 5.82 Å². The molecule has 2 nitrogen and oxygen atoms in total. The zero-order chi connectivity index (χ0) is 15.7. The van der Waals surface area contributed by atoms with Gasteiger partial charge in [0, 0.05) is 12.6 Å². The number of hydrogen-bond donors (Lipinski definition) is 1. The molecule has 0 spiro atoms. The molecule has 0 aliphatic heterocycles. The summed E-state index contributed by atoms with van der Waals surface area (Å²) in [5, 5.41) is 3.43. The van der Waals surface area contributed by atoms with Crippen LogP contribution < -0.4 is 5.32 Å². The van der Waals surface area contributed by atoms with Crippen molar-refractivity contribution in [2.45, 2.75) is 38.7 Å². The van der Waals surface area contributed by atoms with Crippen molar-refractivity contribution in [3.8, 4) is 0 Å². The van der Waals surface area contributed by atoms with E-state index in [4.69, 9.17) is 16.3 Å². The first-order chi connectivity index (χ1) is 10.0. The molecule has 21 heavy (non-hydrogen) atoms. The summed E-state index contributed by atoms with van der Waals surface area (Å²) in [6.45, 7) is 2.60. The first kappa shape index (κ1) is 18.3. The number of rotatable bonds is 10. The van der Waals surface area contributed by atoms with Crippen molar-refractivity contribution < 1.29 is 17.9 Å². The van der Waals surface area contributed by atoms with Crippen LogP contribution in [0.4, 0.5) is 13.2 Å². The van der Waals surface area contributed by atoms with Crippen molar-refractivity contribution >= 4 is 11.6 Å². The maximum Gasteiger partial charge on any atom is 0.261 e. The molecule has 1 unspecified atom stereocenters. The summed E-state index contributed by atoms with van der Waals surface area (Å²) in [6.07, 6.45) is -0.207. The lowest BCUT2D eigenvalue weighted by Gasteiger charge is -2.19. The highest BCUT2D eigenvalue weighted by atomic mass is 35.5. The van der Waals surface area contributed by atoms with Crippen LogP contribution in [0.2, 0.25) is 5.02 Å². The number of benzene rings is 1. The van der Waals surface area contributed by atoms with Gasteiger partial charge in [-0.1, -0.05) is 24.6 Å². The second kappa shape index (κ2) is 10.0. The minimum absolute atomic E-state index is 0.0872. The summed E-state index contributed by atoms with van der Waals surface area (Å²) >= 11 is 5.76. The van der Waals surface area contributed by atoms with Gasteiger partial charge in [0.05, 0.1) is 5.02 Å². The van der Waals surface area contributed by atoms with Crippen LogP contribution >= 0.6 is 11.6 Å². The molecule has 1 rings (SSSR count). The molecule has 0 bridgehead atoms. The van der Waals surface area contributed by atoms with Crippen LogP contribution in [0.3, 0.4) is 0 Å². The van der Waals surface area contributed by atoms with E-state index in [1.165, 1.54) is 6.07 Å². The maximum absolute atomic E-state index is 13.1. The fourth-order valence-electron chi connectivity index (χ4n) is 1.97. The molecule has 0 aromatic heterocycles. The highest BCUT2D eigenvalue weighted by Crippen LogP contribution is 2.17. The Kier molecular flexibility index (Phi) is 8.73. The van der Waals surface area contributed by atoms with E-state index < -0.39 is 18.8 Å². The van der Waals surface area contributed by atoms with Crippen LogP contribution in [-0.4, -0.2) is 32.2 Å². The molecule has 1 aromatic rings. The van der Waals surface area contributed by atoms with Gasteiger partial charge < -0.3 is 10.1 Å². The first-order valence-electron chi connectivity index (χ1n) is 7.06. The van der Waals surface area contributed by atoms with Crippen LogP contribution in [0.5, 0.6) is 0 Å². The predicted octanol–water partition coefficient (Wildman–Crippen LogP) is 4.06. The number of ether oxygens (including phenoxy) is 1. The lowest BCUT2D eigenvalue weighted by atomic mass is 10.0. The summed E-state index contributed by atoms with van der Waals surface area (Å²) in [6, 6.07) is 4.70. The van der Waals surface area contributed by atoms with Crippen molar-refractivity contribution in [1.82, 2.24) is 5.32 Å². The number of nitrogens with one attached hydrogen (secondary N) is 1. The van der Waals surface area contributed by atoms with Gasteiger partial charge in [-0.05, 0) is 43.5 Å². The van der Waals surface area contributed by atoms with Gasteiger partial charge in [0.15, 0.2) is 0 Å². The lowest BCUT2D eigenvalue weighted by molar-refractivity contribution is 0.0144. The highest BCUT2D eigenvalue weighted by Gasteiger charge is 2.11. The number of halogens is 4. The Bertz CT molecular complexity index is 418. The fraction of sp³-hybridized carbons (Fsp3) is 0.600. The van der Waals surface area contributed by atoms with Gasteiger partial charge in [-0.2, -0.15) is 0 Å². The third-order valence-electron chi connectivity index (χ3n) is 3.00. The molecule has 1 aromatic carbocycles. The van der Waals surface area contributed by atoms with Gasteiger partial charge in [0.1, 0.15) is 12.4 Å². The van der Waals surface area contributed by atoms with Crippen LogP contribution in [0.25, 0.3) is 0 Å². The normalized spacial score (nSPS) is 12.9. The molecule has 0 amide bonds. The van der Waals surface area contributed by atoms with Crippen LogP contribution in [0.1, 0.15) is 25.3 Å². The van der Waals surface area contributed by atoms with Gasteiger partial charge in [0.25, 0.3) is 6.43 Å². The van der Waals surface area contributed by atoms with E-state index in [2.05, 4.69) is 5.32 Å². The summed E-state index contributed by atoms with van der Waals surface area (Å²) in [7, 11) is 0. The summed E-state index contributed by atoms with van der Waals surface area (Å²) < 4.78 is 42.0. The van der Waals surface area contributed by atoms with Gasteiger partial charge >= 0.3 is 0 Å². The second-order valence-electron chi connectivity index (χ2n) is 4.86. The quantitative estimate of drug-likeness (QED) is 0.656. The van der Waals surface area contributed by atoms with Gasteiger partial charge in [0.2, 0.25) is 0 Å². The van der Waals surface area contributed by atoms with E-state index in [1.54, 1.807) is 12.1 Å². The zero-order valence-corrected chi connectivity index (χ0v) is 12.8. The molecule has 0 saturated heterocycles. The number of alkyl halides is 2. The molecular formula is C15H21ClF3NO. The van der Waals surface area contributed by atoms with E-state index in [1.807, 2.05) is 6.92 Å². The second-order valence-corrected chi connectivity index (χ2v) is 5.27. The summed E-state index contributed by atoms with van der Waals surface area (Å²) in [5.41, 5.74) is 0.906. The Morgan fingerprint density at radius 3 is 2.71 bits per heavy atom. The third-order valence-corrected chi connectivity index (χ3v) is 3.29. The van der Waals surface area contributed by atoms with Gasteiger partial charge in [-0.25, -0.2) is 13.2 Å². The van der Waals surface area contributed by atoms with Crippen LogP contribution in [-0.2, 0) is 11.2 Å². The Morgan fingerprint density at radius 2 is 2.10 bits per heavy atom. The van der Waals surface area contributed by atoms with Crippen molar-refractivity contribution in [2.24, 2.45) is 0 Å². The smallest absolute Gasteiger partial charge is 0.261 e.